The fourth-order valence-electron chi connectivity index (χ4n) is 1.75. The van der Waals surface area contributed by atoms with Crippen LogP contribution in [-0.2, 0) is 0 Å². The second kappa shape index (κ2) is 7.54. The zero-order valence-corrected chi connectivity index (χ0v) is 11.9. The van der Waals surface area contributed by atoms with Crippen LogP contribution in [0.1, 0.15) is 26.7 Å². The van der Waals surface area contributed by atoms with E-state index in [2.05, 4.69) is 16.9 Å². The molecule has 2 heterocycles. The fraction of sp³-hybridized carbons (Fsp3) is 0.615. The number of piperidine rings is 1. The predicted molar refractivity (Wildman–Crippen MR) is 71.7 cm³/mol. The lowest BCUT2D eigenvalue weighted by Crippen LogP contribution is -2.35. The maximum absolute atomic E-state index is 13.4. The first-order chi connectivity index (χ1) is 8.65. The van der Waals surface area contributed by atoms with E-state index in [1.165, 1.54) is 12.3 Å². The van der Waals surface area contributed by atoms with Gasteiger partial charge < -0.3 is 9.64 Å². The van der Waals surface area contributed by atoms with Gasteiger partial charge in [-0.25, -0.2) is 9.37 Å². The molecule has 0 radical (unpaired) electrons. The van der Waals surface area contributed by atoms with Crippen LogP contribution in [0.4, 0.5) is 4.39 Å². The molecule has 0 spiro atoms. The maximum Gasteiger partial charge on any atom is 0.250 e. The zero-order chi connectivity index (χ0) is 13.5. The minimum absolute atomic E-state index is 0.0546. The Bertz CT molecular complexity index is 368. The van der Waals surface area contributed by atoms with E-state index >= 15 is 0 Å². The summed E-state index contributed by atoms with van der Waals surface area (Å²) < 4.78 is 18.9. The van der Waals surface area contributed by atoms with Crippen molar-refractivity contribution in [2.24, 2.45) is 0 Å². The van der Waals surface area contributed by atoms with Crippen molar-refractivity contribution in [3.63, 3.8) is 0 Å². The Balaban J connectivity index is 0.000000771. The normalized spacial score (nSPS) is 16.9. The molecule has 2 rings (SSSR count). The SMILES string of the molecule is CC.CN1CCC(Oc2ncc(Cl)cc2F)CC1. The van der Waals surface area contributed by atoms with E-state index in [-0.39, 0.29) is 17.0 Å². The molecular formula is C13H20ClFN2O. The third-order valence-electron chi connectivity index (χ3n) is 2.72. The molecule has 0 N–H and O–H groups in total. The molecule has 0 saturated carbocycles. The highest BCUT2D eigenvalue weighted by Gasteiger charge is 2.19. The van der Waals surface area contributed by atoms with E-state index in [1.54, 1.807) is 0 Å². The molecule has 0 aromatic carbocycles. The Morgan fingerprint density at radius 1 is 1.39 bits per heavy atom. The minimum Gasteiger partial charge on any atom is -0.472 e. The Morgan fingerprint density at radius 3 is 2.56 bits per heavy atom. The van der Waals surface area contributed by atoms with E-state index in [4.69, 9.17) is 16.3 Å². The third-order valence-corrected chi connectivity index (χ3v) is 2.92. The third kappa shape index (κ3) is 4.42. The maximum atomic E-state index is 13.4. The van der Waals surface area contributed by atoms with Crippen LogP contribution in [0.3, 0.4) is 0 Å². The summed E-state index contributed by atoms with van der Waals surface area (Å²) in [4.78, 5) is 6.08. The first-order valence-corrected chi connectivity index (χ1v) is 6.69. The van der Waals surface area contributed by atoms with Crippen LogP contribution in [-0.4, -0.2) is 36.1 Å². The summed E-state index contributed by atoms with van der Waals surface area (Å²) in [7, 11) is 2.07. The number of pyridine rings is 1. The van der Waals surface area contributed by atoms with E-state index < -0.39 is 5.82 Å². The van der Waals surface area contributed by atoms with Crippen molar-refractivity contribution in [1.82, 2.24) is 9.88 Å². The van der Waals surface area contributed by atoms with Gasteiger partial charge in [0, 0.05) is 19.3 Å². The molecule has 0 unspecified atom stereocenters. The summed E-state index contributed by atoms with van der Waals surface area (Å²) in [6, 6.07) is 1.22. The van der Waals surface area contributed by atoms with Crippen LogP contribution in [0.2, 0.25) is 5.02 Å². The second-order valence-corrected chi connectivity index (χ2v) is 4.50. The standard InChI is InChI=1S/C11H14ClFN2O.C2H6/c1-15-4-2-9(3-5-15)16-11-10(13)6-8(12)7-14-11;1-2/h6-7,9H,2-5H2,1H3;1-2H3. The first-order valence-electron chi connectivity index (χ1n) is 6.31. The summed E-state index contributed by atoms with van der Waals surface area (Å²) in [5.74, 6) is -0.439. The van der Waals surface area contributed by atoms with Crippen molar-refractivity contribution < 1.29 is 9.13 Å². The molecule has 3 nitrogen and oxygen atoms in total. The van der Waals surface area contributed by atoms with Crippen molar-refractivity contribution in [1.29, 1.82) is 0 Å². The summed E-state index contributed by atoms with van der Waals surface area (Å²) in [6.07, 6.45) is 3.26. The van der Waals surface area contributed by atoms with Crippen molar-refractivity contribution in [3.8, 4) is 5.88 Å². The Kier molecular flexibility index (Phi) is 6.36. The smallest absolute Gasteiger partial charge is 0.250 e. The number of hydrogen-bond donors (Lipinski definition) is 0. The van der Waals surface area contributed by atoms with E-state index in [1.807, 2.05) is 13.8 Å². The highest BCUT2D eigenvalue weighted by atomic mass is 35.5. The van der Waals surface area contributed by atoms with Gasteiger partial charge >= 0.3 is 0 Å². The number of halogens is 2. The van der Waals surface area contributed by atoms with Gasteiger partial charge in [-0.15, -0.1) is 0 Å². The van der Waals surface area contributed by atoms with Crippen molar-refractivity contribution in [2.45, 2.75) is 32.8 Å². The molecule has 1 saturated heterocycles. The molecule has 0 bridgehead atoms. The summed E-state index contributed by atoms with van der Waals surface area (Å²) in [5, 5.41) is 0.285. The summed E-state index contributed by atoms with van der Waals surface area (Å²) in [6.45, 7) is 5.94. The van der Waals surface area contributed by atoms with Crippen LogP contribution < -0.4 is 4.74 Å². The zero-order valence-electron chi connectivity index (χ0n) is 11.1. The summed E-state index contributed by atoms with van der Waals surface area (Å²) in [5.41, 5.74) is 0. The monoisotopic (exact) mass is 274 g/mol. The number of nitrogens with zero attached hydrogens (tertiary/aromatic N) is 2. The van der Waals surface area contributed by atoms with Gasteiger partial charge in [-0.05, 0) is 26.0 Å². The molecule has 1 aromatic heterocycles. The van der Waals surface area contributed by atoms with Crippen LogP contribution in [0, 0.1) is 5.82 Å². The highest BCUT2D eigenvalue weighted by molar-refractivity contribution is 6.30. The molecule has 0 amide bonds. The first kappa shape index (κ1) is 15.2. The van der Waals surface area contributed by atoms with Crippen molar-refractivity contribution in [2.75, 3.05) is 20.1 Å². The second-order valence-electron chi connectivity index (χ2n) is 4.06. The Labute approximate surface area is 113 Å². The van der Waals surface area contributed by atoms with Gasteiger partial charge in [-0.1, -0.05) is 25.4 Å². The molecule has 1 aromatic rings. The predicted octanol–water partition coefficient (Wildman–Crippen LogP) is 3.37. The molecule has 102 valence electrons. The molecule has 0 aliphatic carbocycles. The van der Waals surface area contributed by atoms with Crippen LogP contribution in [0.15, 0.2) is 12.3 Å². The van der Waals surface area contributed by atoms with E-state index in [0.29, 0.717) is 0 Å². The van der Waals surface area contributed by atoms with Gasteiger partial charge in [0.2, 0.25) is 0 Å². The Morgan fingerprint density at radius 2 is 2.00 bits per heavy atom. The number of rotatable bonds is 2. The van der Waals surface area contributed by atoms with E-state index in [0.717, 1.165) is 25.9 Å². The molecule has 0 atom stereocenters. The van der Waals surface area contributed by atoms with Gasteiger partial charge in [-0.3, -0.25) is 0 Å². The van der Waals surface area contributed by atoms with Crippen LogP contribution in [0.5, 0.6) is 5.88 Å². The average molecular weight is 275 g/mol. The highest BCUT2D eigenvalue weighted by Crippen LogP contribution is 2.21. The largest absolute Gasteiger partial charge is 0.472 e. The average Bonchev–Trinajstić information content (AvgIpc) is 2.38. The van der Waals surface area contributed by atoms with Crippen LogP contribution in [0.25, 0.3) is 0 Å². The van der Waals surface area contributed by atoms with Crippen molar-refractivity contribution >= 4 is 11.6 Å². The minimum atomic E-state index is -0.494. The topological polar surface area (TPSA) is 25.4 Å². The number of aromatic nitrogens is 1. The molecule has 18 heavy (non-hydrogen) atoms. The lowest BCUT2D eigenvalue weighted by Gasteiger charge is -2.28. The fourth-order valence-corrected chi connectivity index (χ4v) is 1.89. The van der Waals surface area contributed by atoms with Gasteiger partial charge in [0.25, 0.3) is 5.88 Å². The Hall–Kier alpha value is -0.870. The lowest BCUT2D eigenvalue weighted by molar-refractivity contribution is 0.105. The lowest BCUT2D eigenvalue weighted by atomic mass is 10.1. The summed E-state index contributed by atoms with van der Waals surface area (Å²) >= 11 is 5.61. The van der Waals surface area contributed by atoms with E-state index in [9.17, 15) is 4.39 Å². The molecule has 5 heteroatoms. The number of hydrogen-bond acceptors (Lipinski definition) is 3. The molecule has 1 aliphatic heterocycles. The van der Waals surface area contributed by atoms with Crippen LogP contribution >= 0.6 is 11.6 Å². The van der Waals surface area contributed by atoms with Gasteiger partial charge in [0.15, 0.2) is 5.82 Å². The molecular weight excluding hydrogens is 255 g/mol. The number of ether oxygens (including phenoxy) is 1. The number of likely N-dealkylation sites (tertiary alicyclic amines) is 1. The van der Waals surface area contributed by atoms with Gasteiger partial charge in [0.05, 0.1) is 5.02 Å². The van der Waals surface area contributed by atoms with Gasteiger partial charge in [0.1, 0.15) is 6.10 Å². The molecule has 1 aliphatic rings. The molecule has 1 fully saturated rings. The van der Waals surface area contributed by atoms with Gasteiger partial charge in [-0.2, -0.15) is 0 Å². The quantitative estimate of drug-likeness (QED) is 0.827. The van der Waals surface area contributed by atoms with Crippen molar-refractivity contribution in [3.05, 3.63) is 23.1 Å².